The summed E-state index contributed by atoms with van der Waals surface area (Å²) < 4.78 is 26.5. The number of amidine groups is 1. The molecule has 0 unspecified atom stereocenters. The molecule has 1 fully saturated rings. The van der Waals surface area contributed by atoms with E-state index in [1.807, 2.05) is 18.2 Å². The van der Waals surface area contributed by atoms with Crippen LogP contribution in [0.2, 0.25) is 0 Å². The first kappa shape index (κ1) is 17.0. The molecule has 1 aromatic heterocycles. The van der Waals surface area contributed by atoms with E-state index in [2.05, 4.69) is 11.9 Å². The van der Waals surface area contributed by atoms with Gasteiger partial charge in [-0.05, 0) is 36.8 Å². The molecule has 5 rings (SSSR count). The molecular weight excluding hydrogens is 365 g/mol. The number of hydrogen-bond acceptors (Lipinski definition) is 6. The molecule has 1 spiro atoms. The van der Waals surface area contributed by atoms with Gasteiger partial charge in [-0.3, -0.25) is 0 Å². The van der Waals surface area contributed by atoms with Gasteiger partial charge in [0.25, 0.3) is 0 Å². The average Bonchev–Trinajstić information content (AvgIpc) is 3.04. The smallest absolute Gasteiger partial charge is 0.220 e. The maximum absolute atomic E-state index is 14.3. The van der Waals surface area contributed by atoms with E-state index in [1.165, 1.54) is 6.20 Å². The van der Waals surface area contributed by atoms with Crippen LogP contribution in [0.15, 0.2) is 41.5 Å². The molecule has 2 aromatic rings. The summed E-state index contributed by atoms with van der Waals surface area (Å²) in [5.41, 5.74) is 7.77. The quantitative estimate of drug-likeness (QED) is 0.763. The maximum Gasteiger partial charge on any atom is 0.220 e. The third-order valence-corrected chi connectivity index (χ3v) is 6.76. The zero-order valence-corrected chi connectivity index (χ0v) is 15.7. The van der Waals surface area contributed by atoms with Gasteiger partial charge in [0.15, 0.2) is 5.17 Å². The maximum atomic E-state index is 14.3. The summed E-state index contributed by atoms with van der Waals surface area (Å²) in [6.07, 6.45) is 2.32. The molecule has 27 heavy (non-hydrogen) atoms. The van der Waals surface area contributed by atoms with Crippen molar-refractivity contribution < 1.29 is 13.9 Å². The molecule has 7 heteroatoms. The van der Waals surface area contributed by atoms with E-state index < -0.39 is 11.5 Å². The monoisotopic (exact) mass is 385 g/mol. The van der Waals surface area contributed by atoms with Crippen LogP contribution in [0.5, 0.6) is 5.75 Å². The molecule has 4 heterocycles. The second-order valence-corrected chi connectivity index (χ2v) is 8.26. The lowest BCUT2D eigenvalue weighted by Gasteiger charge is -2.49. The number of hydrogen-bond donors (Lipinski definition) is 1. The van der Waals surface area contributed by atoms with E-state index in [0.29, 0.717) is 17.3 Å². The van der Waals surface area contributed by atoms with Crippen LogP contribution in [0.4, 0.5) is 4.39 Å². The van der Waals surface area contributed by atoms with Crippen LogP contribution >= 0.6 is 11.8 Å². The Balaban J connectivity index is 1.70. The van der Waals surface area contributed by atoms with Crippen molar-refractivity contribution in [3.63, 3.8) is 0 Å². The van der Waals surface area contributed by atoms with E-state index in [4.69, 9.17) is 20.2 Å². The average molecular weight is 385 g/mol. The summed E-state index contributed by atoms with van der Waals surface area (Å²) in [5, 5.41) is 0.581. The highest BCUT2D eigenvalue weighted by molar-refractivity contribution is 8.14. The lowest BCUT2D eigenvalue weighted by atomic mass is 9.70. The highest BCUT2D eigenvalue weighted by Crippen LogP contribution is 2.54. The summed E-state index contributed by atoms with van der Waals surface area (Å²) in [5.74, 6) is 1.13. The first-order valence-corrected chi connectivity index (χ1v) is 10.1. The minimum atomic E-state index is -0.512. The van der Waals surface area contributed by atoms with Gasteiger partial charge in [0, 0.05) is 29.5 Å². The Hall–Kier alpha value is -2.12. The topological polar surface area (TPSA) is 69.7 Å². The Morgan fingerprint density at radius 2 is 2.22 bits per heavy atom. The van der Waals surface area contributed by atoms with Crippen molar-refractivity contribution in [2.75, 3.05) is 12.4 Å². The first-order chi connectivity index (χ1) is 13.1. The van der Waals surface area contributed by atoms with Crippen molar-refractivity contribution in [2.24, 2.45) is 16.6 Å². The molecule has 140 valence electrons. The number of nitrogens with zero attached hydrogens (tertiary/aromatic N) is 2. The van der Waals surface area contributed by atoms with Crippen LogP contribution < -0.4 is 10.5 Å². The molecule has 0 radical (unpaired) electrons. The van der Waals surface area contributed by atoms with Crippen LogP contribution in [-0.4, -0.2) is 34.7 Å². The lowest BCUT2D eigenvalue weighted by Crippen LogP contribution is -2.55. The predicted molar refractivity (Wildman–Crippen MR) is 103 cm³/mol. The third kappa shape index (κ3) is 2.56. The van der Waals surface area contributed by atoms with E-state index in [9.17, 15) is 4.39 Å². The van der Waals surface area contributed by atoms with Crippen LogP contribution in [0.25, 0.3) is 11.1 Å². The number of rotatable bonds is 1. The molecule has 0 bridgehead atoms. The van der Waals surface area contributed by atoms with Crippen LogP contribution in [0.1, 0.15) is 18.9 Å². The molecule has 4 atom stereocenters. The number of aliphatic imine (C=N–C) groups is 1. The molecule has 0 aliphatic carbocycles. The van der Waals surface area contributed by atoms with E-state index >= 15 is 0 Å². The SMILES string of the molecule is C[C@H]1OCC[C@H]2Oc3ccc(-c4cccnc4F)cc3[C@@]3(CSC(N)=N3)[C@H]12. The van der Waals surface area contributed by atoms with Crippen LogP contribution in [-0.2, 0) is 10.3 Å². The normalized spacial score (nSPS) is 31.8. The van der Waals surface area contributed by atoms with Gasteiger partial charge in [-0.25, -0.2) is 9.98 Å². The van der Waals surface area contributed by atoms with Crippen molar-refractivity contribution in [1.82, 2.24) is 4.98 Å². The number of thioether (sulfide) groups is 1. The second-order valence-electron chi connectivity index (χ2n) is 7.26. The summed E-state index contributed by atoms with van der Waals surface area (Å²) in [6, 6.07) is 9.25. The number of fused-ring (bicyclic) bond motifs is 4. The Bertz CT molecular complexity index is 937. The number of halogens is 1. The van der Waals surface area contributed by atoms with Crippen LogP contribution in [0, 0.1) is 11.9 Å². The summed E-state index contributed by atoms with van der Waals surface area (Å²) in [6.45, 7) is 2.76. The molecule has 1 aromatic carbocycles. The number of aromatic nitrogens is 1. The molecule has 1 saturated heterocycles. The van der Waals surface area contributed by atoms with Crippen molar-refractivity contribution in [3.8, 4) is 16.9 Å². The molecule has 2 N–H and O–H groups in total. The van der Waals surface area contributed by atoms with Gasteiger partial charge in [-0.2, -0.15) is 4.39 Å². The van der Waals surface area contributed by atoms with Gasteiger partial charge in [0.05, 0.1) is 18.6 Å². The van der Waals surface area contributed by atoms with Gasteiger partial charge >= 0.3 is 0 Å². The first-order valence-electron chi connectivity index (χ1n) is 9.10. The second kappa shape index (κ2) is 6.21. The molecule has 0 saturated carbocycles. The standard InChI is InChI=1S/C20H20FN3O2S/c1-11-17-16(6-8-25-11)26-15-5-4-12(13-3-2-7-23-18(13)21)9-14(15)20(17)10-27-19(22)24-20/h2-5,7,9,11,16-17H,6,8,10H2,1H3,(H2,22,24)/t11-,16-,17-,20+/m1/s1. The molecule has 5 nitrogen and oxygen atoms in total. The highest BCUT2D eigenvalue weighted by Gasteiger charge is 2.56. The van der Waals surface area contributed by atoms with Crippen molar-refractivity contribution in [1.29, 1.82) is 0 Å². The van der Waals surface area contributed by atoms with Gasteiger partial charge < -0.3 is 15.2 Å². The van der Waals surface area contributed by atoms with E-state index in [-0.39, 0.29) is 18.1 Å². The summed E-state index contributed by atoms with van der Waals surface area (Å²) in [4.78, 5) is 8.68. The fraction of sp³-hybridized carbons (Fsp3) is 0.400. The van der Waals surface area contributed by atoms with Gasteiger partial charge in [0.1, 0.15) is 17.4 Å². The zero-order chi connectivity index (χ0) is 18.6. The third-order valence-electron chi connectivity index (χ3n) is 5.79. The van der Waals surface area contributed by atoms with Crippen LogP contribution in [0.3, 0.4) is 0 Å². The fourth-order valence-corrected chi connectivity index (χ4v) is 5.63. The zero-order valence-electron chi connectivity index (χ0n) is 14.9. The highest BCUT2D eigenvalue weighted by atomic mass is 32.2. The predicted octanol–water partition coefficient (Wildman–Crippen LogP) is 3.33. The Labute approximate surface area is 161 Å². The number of pyridine rings is 1. The molecule has 3 aliphatic rings. The fourth-order valence-electron chi connectivity index (χ4n) is 4.62. The Morgan fingerprint density at radius 3 is 3.00 bits per heavy atom. The van der Waals surface area contributed by atoms with Gasteiger partial charge in [-0.1, -0.05) is 17.8 Å². The number of benzene rings is 1. The van der Waals surface area contributed by atoms with Gasteiger partial charge in [-0.15, -0.1) is 0 Å². The largest absolute Gasteiger partial charge is 0.489 e. The summed E-state index contributed by atoms with van der Waals surface area (Å²) in [7, 11) is 0. The molecule has 0 amide bonds. The number of nitrogens with two attached hydrogens (primary N) is 1. The Kier molecular flexibility index (Phi) is 3.91. The van der Waals surface area contributed by atoms with E-state index in [0.717, 1.165) is 29.1 Å². The minimum Gasteiger partial charge on any atom is -0.489 e. The summed E-state index contributed by atoms with van der Waals surface area (Å²) >= 11 is 1.56. The van der Waals surface area contributed by atoms with Crippen molar-refractivity contribution in [3.05, 3.63) is 48.0 Å². The Morgan fingerprint density at radius 1 is 1.33 bits per heavy atom. The van der Waals surface area contributed by atoms with Gasteiger partial charge in [0.2, 0.25) is 5.95 Å². The molecular formula is C20H20FN3O2S. The van der Waals surface area contributed by atoms with Crippen molar-refractivity contribution in [2.45, 2.75) is 31.1 Å². The number of ether oxygens (including phenoxy) is 2. The van der Waals surface area contributed by atoms with Crippen molar-refractivity contribution >= 4 is 16.9 Å². The molecule has 3 aliphatic heterocycles. The minimum absolute atomic E-state index is 0.00549. The van der Waals surface area contributed by atoms with E-state index in [1.54, 1.807) is 23.9 Å². The lowest BCUT2D eigenvalue weighted by molar-refractivity contribution is -0.108.